The minimum absolute atomic E-state index is 0.0254. The Hall–Kier alpha value is -2.08. The zero-order chi connectivity index (χ0) is 14.6. The van der Waals surface area contributed by atoms with Crippen molar-refractivity contribution in [3.63, 3.8) is 0 Å². The second-order valence-electron chi connectivity index (χ2n) is 4.93. The lowest BCUT2D eigenvalue weighted by molar-refractivity contribution is -0.117. The molecule has 0 heterocycles. The molecule has 104 valence electrons. The number of rotatable bonds is 5. The van der Waals surface area contributed by atoms with E-state index in [2.05, 4.69) is 5.32 Å². The van der Waals surface area contributed by atoms with Gasteiger partial charge >= 0.3 is 5.97 Å². The summed E-state index contributed by atoms with van der Waals surface area (Å²) in [4.78, 5) is 22.9. The van der Waals surface area contributed by atoms with Crippen LogP contribution in [-0.2, 0) is 4.79 Å². The van der Waals surface area contributed by atoms with Gasteiger partial charge in [0.2, 0.25) is 5.91 Å². The highest BCUT2D eigenvalue weighted by Gasteiger charge is 2.19. The maximum atomic E-state index is 11.7. The van der Waals surface area contributed by atoms with Gasteiger partial charge in [-0.15, -0.1) is 0 Å². The van der Waals surface area contributed by atoms with Crippen LogP contribution in [0.5, 0.6) is 5.75 Å². The number of carbonyl (C=O) groups excluding carboxylic acids is 1. The third-order valence-electron chi connectivity index (χ3n) is 2.35. The first-order valence-corrected chi connectivity index (χ1v) is 5.73. The standard InChI is InChI=1S/C13H18N2O4/c1-13(2,14)7-11(16)15-10-5-4-8(19-3)6-9(10)12(17)18/h4-6H,7,14H2,1-3H3,(H,15,16)(H,17,18). The van der Waals surface area contributed by atoms with Gasteiger partial charge in [-0.1, -0.05) is 0 Å². The summed E-state index contributed by atoms with van der Waals surface area (Å²) in [7, 11) is 1.44. The van der Waals surface area contributed by atoms with Crippen molar-refractivity contribution in [2.75, 3.05) is 12.4 Å². The lowest BCUT2D eigenvalue weighted by Crippen LogP contribution is -2.36. The Kier molecular flexibility index (Phi) is 4.50. The Morgan fingerprint density at radius 1 is 1.42 bits per heavy atom. The van der Waals surface area contributed by atoms with Crippen LogP contribution in [-0.4, -0.2) is 29.6 Å². The van der Waals surface area contributed by atoms with Gasteiger partial charge in [-0.05, 0) is 32.0 Å². The van der Waals surface area contributed by atoms with Crippen LogP contribution in [0, 0.1) is 0 Å². The number of methoxy groups -OCH3 is 1. The fourth-order valence-corrected chi connectivity index (χ4v) is 1.54. The molecule has 0 aromatic heterocycles. The molecule has 6 nitrogen and oxygen atoms in total. The maximum absolute atomic E-state index is 11.7. The Bertz CT molecular complexity index is 492. The van der Waals surface area contributed by atoms with Crippen molar-refractivity contribution in [1.29, 1.82) is 0 Å². The molecule has 0 bridgehead atoms. The third kappa shape index (κ3) is 4.59. The number of nitrogens with two attached hydrogens (primary N) is 1. The molecule has 0 saturated heterocycles. The Morgan fingerprint density at radius 2 is 2.05 bits per heavy atom. The fraction of sp³-hybridized carbons (Fsp3) is 0.385. The van der Waals surface area contributed by atoms with Crippen molar-refractivity contribution >= 4 is 17.6 Å². The van der Waals surface area contributed by atoms with Crippen LogP contribution in [0.3, 0.4) is 0 Å². The van der Waals surface area contributed by atoms with Crippen molar-refractivity contribution in [3.05, 3.63) is 23.8 Å². The topological polar surface area (TPSA) is 102 Å². The predicted octanol–water partition coefficient (Wildman–Crippen LogP) is 1.46. The number of hydrogen-bond acceptors (Lipinski definition) is 4. The van der Waals surface area contributed by atoms with Crippen LogP contribution in [0.25, 0.3) is 0 Å². The van der Waals surface area contributed by atoms with Gasteiger partial charge in [-0.2, -0.15) is 0 Å². The van der Waals surface area contributed by atoms with E-state index in [0.29, 0.717) is 5.75 Å². The molecule has 6 heteroatoms. The maximum Gasteiger partial charge on any atom is 0.337 e. The van der Waals surface area contributed by atoms with E-state index in [0.717, 1.165) is 0 Å². The van der Waals surface area contributed by atoms with Crippen LogP contribution in [0.15, 0.2) is 18.2 Å². The molecule has 0 aliphatic rings. The van der Waals surface area contributed by atoms with E-state index in [1.54, 1.807) is 19.9 Å². The SMILES string of the molecule is COc1ccc(NC(=O)CC(C)(C)N)c(C(=O)O)c1. The van der Waals surface area contributed by atoms with Gasteiger partial charge in [0.05, 0.1) is 18.4 Å². The summed E-state index contributed by atoms with van der Waals surface area (Å²) in [6, 6.07) is 4.42. The number of amides is 1. The van der Waals surface area contributed by atoms with E-state index < -0.39 is 11.5 Å². The highest BCUT2D eigenvalue weighted by Crippen LogP contribution is 2.22. The molecule has 1 aromatic rings. The van der Waals surface area contributed by atoms with E-state index in [1.165, 1.54) is 19.2 Å². The second kappa shape index (κ2) is 5.71. The number of carbonyl (C=O) groups is 2. The van der Waals surface area contributed by atoms with Crippen LogP contribution in [0.4, 0.5) is 5.69 Å². The van der Waals surface area contributed by atoms with E-state index in [9.17, 15) is 9.59 Å². The molecule has 1 aromatic carbocycles. The molecule has 4 N–H and O–H groups in total. The predicted molar refractivity (Wildman–Crippen MR) is 71.5 cm³/mol. The Balaban J connectivity index is 2.95. The van der Waals surface area contributed by atoms with E-state index in [-0.39, 0.29) is 23.6 Å². The molecule has 0 aliphatic heterocycles. The molecule has 0 spiro atoms. The number of carboxylic acid groups (broad SMARTS) is 1. The van der Waals surface area contributed by atoms with Gasteiger partial charge in [0.15, 0.2) is 0 Å². The smallest absolute Gasteiger partial charge is 0.337 e. The first-order valence-electron chi connectivity index (χ1n) is 5.73. The average Bonchev–Trinajstić information content (AvgIpc) is 2.26. The number of aromatic carboxylic acids is 1. The summed E-state index contributed by atoms with van der Waals surface area (Å²) < 4.78 is 4.95. The Morgan fingerprint density at radius 3 is 2.53 bits per heavy atom. The summed E-state index contributed by atoms with van der Waals surface area (Å²) in [6.45, 7) is 3.44. The molecule has 0 saturated carbocycles. The number of nitrogens with one attached hydrogen (secondary N) is 1. The van der Waals surface area contributed by atoms with E-state index in [4.69, 9.17) is 15.6 Å². The van der Waals surface area contributed by atoms with Gasteiger partial charge in [-0.25, -0.2) is 4.79 Å². The lowest BCUT2D eigenvalue weighted by Gasteiger charge is -2.18. The van der Waals surface area contributed by atoms with Gasteiger partial charge in [0, 0.05) is 12.0 Å². The van der Waals surface area contributed by atoms with Crippen molar-refractivity contribution < 1.29 is 19.4 Å². The molecule has 0 atom stereocenters. The average molecular weight is 266 g/mol. The first kappa shape index (κ1) is 15.0. The first-order chi connectivity index (χ1) is 8.73. The molecule has 0 fully saturated rings. The molecular formula is C13H18N2O4. The number of ether oxygens (including phenoxy) is 1. The van der Waals surface area contributed by atoms with Gasteiger partial charge in [0.25, 0.3) is 0 Å². The molecule has 0 aliphatic carbocycles. The zero-order valence-corrected chi connectivity index (χ0v) is 11.2. The van der Waals surface area contributed by atoms with Crippen molar-refractivity contribution in [2.45, 2.75) is 25.8 Å². The van der Waals surface area contributed by atoms with Crippen LogP contribution in [0.2, 0.25) is 0 Å². The molecule has 1 amide bonds. The second-order valence-corrected chi connectivity index (χ2v) is 4.93. The third-order valence-corrected chi connectivity index (χ3v) is 2.35. The van der Waals surface area contributed by atoms with Crippen molar-refractivity contribution in [1.82, 2.24) is 0 Å². The quantitative estimate of drug-likeness (QED) is 0.748. The number of hydrogen-bond donors (Lipinski definition) is 3. The van der Waals surface area contributed by atoms with Crippen molar-refractivity contribution in [2.24, 2.45) is 5.73 Å². The minimum atomic E-state index is -1.14. The van der Waals surface area contributed by atoms with Gasteiger partial charge in [0.1, 0.15) is 5.75 Å². The van der Waals surface area contributed by atoms with Crippen LogP contribution >= 0.6 is 0 Å². The highest BCUT2D eigenvalue weighted by molar-refractivity contribution is 6.01. The largest absolute Gasteiger partial charge is 0.497 e. The van der Waals surface area contributed by atoms with Gasteiger partial charge < -0.3 is 20.9 Å². The normalized spacial score (nSPS) is 10.9. The summed E-state index contributed by atoms with van der Waals surface area (Å²) in [6.07, 6.45) is 0.0953. The van der Waals surface area contributed by atoms with Crippen LogP contribution < -0.4 is 15.8 Å². The monoisotopic (exact) mass is 266 g/mol. The number of anilines is 1. The number of benzene rings is 1. The molecule has 0 unspecified atom stereocenters. The summed E-state index contributed by atoms with van der Waals surface area (Å²) in [5, 5.41) is 11.6. The Labute approximate surface area is 111 Å². The minimum Gasteiger partial charge on any atom is -0.497 e. The summed E-state index contributed by atoms with van der Waals surface area (Å²) >= 11 is 0. The lowest BCUT2D eigenvalue weighted by atomic mass is 10.0. The molecule has 1 rings (SSSR count). The van der Waals surface area contributed by atoms with E-state index >= 15 is 0 Å². The number of carboxylic acids is 1. The van der Waals surface area contributed by atoms with E-state index in [1.807, 2.05) is 0 Å². The molecule has 0 radical (unpaired) electrons. The fourth-order valence-electron chi connectivity index (χ4n) is 1.54. The van der Waals surface area contributed by atoms with Crippen LogP contribution in [0.1, 0.15) is 30.6 Å². The summed E-state index contributed by atoms with van der Waals surface area (Å²) in [5.41, 5.74) is 5.28. The zero-order valence-electron chi connectivity index (χ0n) is 11.2. The molecule has 19 heavy (non-hydrogen) atoms. The van der Waals surface area contributed by atoms with Gasteiger partial charge in [-0.3, -0.25) is 4.79 Å². The highest BCUT2D eigenvalue weighted by atomic mass is 16.5. The summed E-state index contributed by atoms with van der Waals surface area (Å²) in [5.74, 6) is -1.06. The molecular weight excluding hydrogens is 248 g/mol. The van der Waals surface area contributed by atoms with Crippen molar-refractivity contribution in [3.8, 4) is 5.75 Å².